The fraction of sp³-hybridized carbons (Fsp3) is 0.467. The largest absolute Gasteiger partial charge is 0.325 e. The van der Waals surface area contributed by atoms with Gasteiger partial charge in [0.05, 0.1) is 6.26 Å². The summed E-state index contributed by atoms with van der Waals surface area (Å²) in [5.74, 6) is -0.398. The number of sulfonamides is 1. The molecule has 7 nitrogen and oxygen atoms in total. The van der Waals surface area contributed by atoms with Gasteiger partial charge in [-0.1, -0.05) is 19.9 Å². The summed E-state index contributed by atoms with van der Waals surface area (Å²) < 4.78 is 24.1. The minimum atomic E-state index is -3.63. The van der Waals surface area contributed by atoms with E-state index in [1.54, 1.807) is 17.0 Å². The Morgan fingerprint density at radius 1 is 1.26 bits per heavy atom. The van der Waals surface area contributed by atoms with Gasteiger partial charge < -0.3 is 10.2 Å². The van der Waals surface area contributed by atoms with Crippen LogP contribution in [-0.2, 0) is 10.0 Å². The van der Waals surface area contributed by atoms with Crippen molar-refractivity contribution in [3.8, 4) is 0 Å². The van der Waals surface area contributed by atoms with Crippen LogP contribution in [0.4, 0.5) is 10.5 Å². The van der Waals surface area contributed by atoms with Gasteiger partial charge in [-0.05, 0) is 31.0 Å². The molecule has 23 heavy (non-hydrogen) atoms. The Labute approximate surface area is 137 Å². The monoisotopic (exact) mass is 341 g/mol. The lowest BCUT2D eigenvalue weighted by Gasteiger charge is -2.23. The van der Waals surface area contributed by atoms with Gasteiger partial charge in [-0.2, -0.15) is 0 Å². The molecule has 0 aliphatic carbocycles. The molecule has 0 bridgehead atoms. The van der Waals surface area contributed by atoms with E-state index in [0.717, 1.165) is 6.26 Å². The van der Waals surface area contributed by atoms with Gasteiger partial charge in [0.2, 0.25) is 10.0 Å². The van der Waals surface area contributed by atoms with Gasteiger partial charge in [0, 0.05) is 24.3 Å². The van der Waals surface area contributed by atoms with E-state index < -0.39 is 15.9 Å². The lowest BCUT2D eigenvalue weighted by Crippen LogP contribution is -2.37. The van der Waals surface area contributed by atoms with Gasteiger partial charge in [0.1, 0.15) is 0 Å². The molecule has 1 rings (SSSR count). The summed E-state index contributed by atoms with van der Waals surface area (Å²) >= 11 is 0. The van der Waals surface area contributed by atoms with E-state index >= 15 is 0 Å². The van der Waals surface area contributed by atoms with Crippen molar-refractivity contribution >= 4 is 27.6 Å². The van der Waals surface area contributed by atoms with Gasteiger partial charge in [0.25, 0.3) is 5.91 Å². The van der Waals surface area contributed by atoms with Crippen LogP contribution in [0, 0.1) is 5.92 Å². The van der Waals surface area contributed by atoms with Gasteiger partial charge in [-0.25, -0.2) is 17.9 Å². The van der Waals surface area contributed by atoms with E-state index in [4.69, 9.17) is 0 Å². The molecule has 0 spiro atoms. The Morgan fingerprint density at radius 3 is 2.43 bits per heavy atom. The standard InChI is InChI=1S/C15H23N3O4S/c1-5-18(10-11(2)3)15(20)16-13-8-6-7-12(9-13)14(19)17-23(4,21)22/h6-9,11H,5,10H2,1-4H3,(H,16,20)(H,17,19). The lowest BCUT2D eigenvalue weighted by atomic mass is 10.2. The van der Waals surface area contributed by atoms with Crippen LogP contribution >= 0.6 is 0 Å². The molecule has 0 fully saturated rings. The van der Waals surface area contributed by atoms with Crippen molar-refractivity contribution in [2.45, 2.75) is 20.8 Å². The van der Waals surface area contributed by atoms with Crippen LogP contribution in [-0.4, -0.2) is 44.6 Å². The molecule has 2 N–H and O–H groups in total. The average molecular weight is 341 g/mol. The minimum Gasteiger partial charge on any atom is -0.325 e. The zero-order chi connectivity index (χ0) is 17.6. The summed E-state index contributed by atoms with van der Waals surface area (Å²) in [4.78, 5) is 25.7. The van der Waals surface area contributed by atoms with Crippen molar-refractivity contribution < 1.29 is 18.0 Å². The first-order valence-electron chi connectivity index (χ1n) is 7.30. The normalized spacial score (nSPS) is 11.2. The number of nitrogens with zero attached hydrogens (tertiary/aromatic N) is 1. The molecule has 0 saturated carbocycles. The summed E-state index contributed by atoms with van der Waals surface area (Å²) in [5.41, 5.74) is 0.582. The molecule has 0 heterocycles. The molecule has 0 radical (unpaired) electrons. The van der Waals surface area contributed by atoms with Gasteiger partial charge >= 0.3 is 6.03 Å². The molecular formula is C15H23N3O4S. The predicted molar refractivity (Wildman–Crippen MR) is 89.9 cm³/mol. The predicted octanol–water partition coefficient (Wildman–Crippen LogP) is 1.89. The Balaban J connectivity index is 2.84. The highest BCUT2D eigenvalue weighted by Gasteiger charge is 2.15. The van der Waals surface area contributed by atoms with Crippen LogP contribution in [0.2, 0.25) is 0 Å². The number of urea groups is 1. The molecule has 1 aromatic carbocycles. The Kier molecular flexibility index (Phi) is 6.56. The van der Waals surface area contributed by atoms with E-state index in [2.05, 4.69) is 5.32 Å². The quantitative estimate of drug-likeness (QED) is 0.826. The fourth-order valence-corrected chi connectivity index (χ4v) is 2.42. The van der Waals surface area contributed by atoms with Crippen LogP contribution in [0.15, 0.2) is 24.3 Å². The first kappa shape index (κ1) is 19.0. The Morgan fingerprint density at radius 2 is 1.91 bits per heavy atom. The molecule has 0 aliphatic rings. The average Bonchev–Trinajstić information content (AvgIpc) is 2.42. The maximum atomic E-state index is 12.2. The Hall–Kier alpha value is -2.09. The summed E-state index contributed by atoms with van der Waals surface area (Å²) in [6.07, 6.45) is 0.904. The maximum Gasteiger partial charge on any atom is 0.321 e. The van der Waals surface area contributed by atoms with Crippen LogP contribution in [0.1, 0.15) is 31.1 Å². The third-order valence-electron chi connectivity index (χ3n) is 2.91. The van der Waals surface area contributed by atoms with Crippen LogP contribution < -0.4 is 10.0 Å². The van der Waals surface area contributed by atoms with Crippen molar-refractivity contribution in [2.24, 2.45) is 5.92 Å². The Bertz CT molecular complexity index is 671. The SMILES string of the molecule is CCN(CC(C)C)C(=O)Nc1cccc(C(=O)NS(C)(=O)=O)c1. The van der Waals surface area contributed by atoms with Crippen molar-refractivity contribution in [1.82, 2.24) is 9.62 Å². The van der Waals surface area contributed by atoms with E-state index in [9.17, 15) is 18.0 Å². The summed E-state index contributed by atoms with van der Waals surface area (Å²) in [6, 6.07) is 5.86. The minimum absolute atomic E-state index is 0.153. The molecule has 0 aliphatic heterocycles. The van der Waals surface area contributed by atoms with Crippen LogP contribution in [0.3, 0.4) is 0 Å². The number of nitrogens with one attached hydrogen (secondary N) is 2. The van der Waals surface area contributed by atoms with Crippen molar-refractivity contribution in [2.75, 3.05) is 24.7 Å². The van der Waals surface area contributed by atoms with Crippen LogP contribution in [0.5, 0.6) is 0 Å². The number of rotatable bonds is 6. The number of hydrogen-bond acceptors (Lipinski definition) is 4. The second-order valence-electron chi connectivity index (χ2n) is 5.65. The molecular weight excluding hydrogens is 318 g/mol. The summed E-state index contributed by atoms with van der Waals surface area (Å²) in [7, 11) is -3.63. The number of anilines is 1. The third kappa shape index (κ3) is 6.68. The maximum absolute atomic E-state index is 12.2. The molecule has 0 saturated heterocycles. The van der Waals surface area contributed by atoms with Crippen LogP contribution in [0.25, 0.3) is 0 Å². The highest BCUT2D eigenvalue weighted by molar-refractivity contribution is 7.89. The number of benzene rings is 1. The molecule has 0 atom stereocenters. The second-order valence-corrected chi connectivity index (χ2v) is 7.40. The molecule has 0 aromatic heterocycles. The van der Waals surface area contributed by atoms with Gasteiger partial charge in [-0.15, -0.1) is 0 Å². The summed E-state index contributed by atoms with van der Waals surface area (Å²) in [6.45, 7) is 7.12. The number of amides is 3. The lowest BCUT2D eigenvalue weighted by molar-refractivity contribution is 0.0981. The molecule has 128 valence electrons. The zero-order valence-electron chi connectivity index (χ0n) is 13.8. The van der Waals surface area contributed by atoms with Gasteiger partial charge in [0.15, 0.2) is 0 Å². The summed E-state index contributed by atoms with van der Waals surface area (Å²) in [5, 5.41) is 2.71. The topological polar surface area (TPSA) is 95.6 Å². The third-order valence-corrected chi connectivity index (χ3v) is 3.46. The number of carbonyl (C=O) groups excluding carboxylic acids is 2. The van der Waals surface area contributed by atoms with Crippen molar-refractivity contribution in [3.63, 3.8) is 0 Å². The number of carbonyl (C=O) groups is 2. The molecule has 0 unspecified atom stereocenters. The zero-order valence-corrected chi connectivity index (χ0v) is 14.6. The highest BCUT2D eigenvalue weighted by atomic mass is 32.2. The molecule has 8 heteroatoms. The second kappa shape index (κ2) is 7.96. The smallest absolute Gasteiger partial charge is 0.321 e. The highest BCUT2D eigenvalue weighted by Crippen LogP contribution is 2.12. The van der Waals surface area contributed by atoms with Crippen molar-refractivity contribution in [3.05, 3.63) is 29.8 Å². The van der Waals surface area contributed by atoms with E-state index in [-0.39, 0.29) is 11.6 Å². The van der Waals surface area contributed by atoms with E-state index in [1.807, 2.05) is 25.5 Å². The first-order valence-corrected chi connectivity index (χ1v) is 9.19. The van der Waals surface area contributed by atoms with E-state index in [0.29, 0.717) is 24.7 Å². The first-order chi connectivity index (χ1) is 10.6. The fourth-order valence-electron chi connectivity index (χ4n) is 1.96. The molecule has 3 amide bonds. The van der Waals surface area contributed by atoms with Gasteiger partial charge in [-0.3, -0.25) is 4.79 Å². The van der Waals surface area contributed by atoms with Crippen molar-refractivity contribution in [1.29, 1.82) is 0 Å². The number of hydrogen-bond donors (Lipinski definition) is 2. The molecule has 1 aromatic rings. The van der Waals surface area contributed by atoms with E-state index in [1.165, 1.54) is 12.1 Å².